The summed E-state index contributed by atoms with van der Waals surface area (Å²) in [6, 6.07) is 0. The van der Waals surface area contributed by atoms with Crippen molar-refractivity contribution in [2.75, 3.05) is 13.2 Å². The minimum atomic E-state index is -4.99. The number of esters is 1. The van der Waals surface area contributed by atoms with Gasteiger partial charge < -0.3 is 40.3 Å². The van der Waals surface area contributed by atoms with Crippen molar-refractivity contribution in [3.05, 3.63) is 12.2 Å². The second-order valence-corrected chi connectivity index (χ2v) is 13.3. The minimum Gasteiger partial charge on any atom is -0.463 e. The highest BCUT2D eigenvalue weighted by Gasteiger charge is 2.51. The van der Waals surface area contributed by atoms with Crippen LogP contribution in [0, 0.1) is 0 Å². The maximum Gasteiger partial charge on any atom is 0.472 e. The fraction of sp³-hybridized carbons (Fsp3) is 0.903. The number of hydrogen-bond donors (Lipinski definition) is 7. The topological polar surface area (TPSA) is 203 Å². The highest BCUT2D eigenvalue weighted by molar-refractivity contribution is 7.47. The quantitative estimate of drug-likeness (QED) is 0.0308. The Morgan fingerprint density at radius 3 is 1.61 bits per heavy atom. The SMILES string of the molecule is CCCCCCCCCC/C=C\CCCCCCCCCC(=O)OC[C@@H](O)COP(=O)(O)OC1C(O)C(O)C(O)[C@@H](O)C1O. The summed E-state index contributed by atoms with van der Waals surface area (Å²) in [5, 5.41) is 58.7. The number of phosphoric ester groups is 1. The van der Waals surface area contributed by atoms with Crippen LogP contribution in [0.5, 0.6) is 0 Å². The van der Waals surface area contributed by atoms with Crippen LogP contribution in [0.2, 0.25) is 0 Å². The molecule has 1 saturated carbocycles. The van der Waals surface area contributed by atoms with Gasteiger partial charge in [-0.3, -0.25) is 13.8 Å². The Labute approximate surface area is 263 Å². The predicted octanol–water partition coefficient (Wildman–Crippen LogP) is 3.81. The molecule has 0 aromatic heterocycles. The number of allylic oxidation sites excluding steroid dienone is 2. The van der Waals surface area contributed by atoms with E-state index < -0.39 is 69.7 Å². The summed E-state index contributed by atoms with van der Waals surface area (Å²) in [6.07, 6.45) is 12.0. The van der Waals surface area contributed by atoms with Crippen LogP contribution in [0.3, 0.4) is 0 Å². The fourth-order valence-corrected chi connectivity index (χ4v) is 6.02. The molecule has 44 heavy (non-hydrogen) atoms. The van der Waals surface area contributed by atoms with Gasteiger partial charge in [-0.15, -0.1) is 0 Å². The van der Waals surface area contributed by atoms with Crippen molar-refractivity contribution < 1.29 is 58.7 Å². The summed E-state index contributed by atoms with van der Waals surface area (Å²) in [4.78, 5) is 21.8. The van der Waals surface area contributed by atoms with Gasteiger partial charge in [0.1, 0.15) is 49.3 Å². The Kier molecular flexibility index (Phi) is 22.7. The van der Waals surface area contributed by atoms with Gasteiger partial charge in [-0.25, -0.2) is 4.57 Å². The Morgan fingerprint density at radius 2 is 1.11 bits per heavy atom. The van der Waals surface area contributed by atoms with Gasteiger partial charge in [0, 0.05) is 6.42 Å². The summed E-state index contributed by atoms with van der Waals surface area (Å²) >= 11 is 0. The Balaban J connectivity index is 2.01. The molecule has 0 aromatic carbocycles. The summed E-state index contributed by atoms with van der Waals surface area (Å²) in [6.45, 7) is 0.993. The minimum absolute atomic E-state index is 0.187. The zero-order valence-corrected chi connectivity index (χ0v) is 27.4. The number of aliphatic hydroxyl groups is 6. The number of aliphatic hydroxyl groups excluding tert-OH is 6. The first-order valence-corrected chi connectivity index (χ1v) is 18.0. The number of unbranched alkanes of at least 4 members (excludes halogenated alkanes) is 15. The van der Waals surface area contributed by atoms with Crippen molar-refractivity contribution in [3.63, 3.8) is 0 Å². The molecule has 8 atom stereocenters. The zero-order chi connectivity index (χ0) is 32.8. The van der Waals surface area contributed by atoms with Gasteiger partial charge in [-0.05, 0) is 32.1 Å². The lowest BCUT2D eigenvalue weighted by Gasteiger charge is -2.41. The largest absolute Gasteiger partial charge is 0.472 e. The van der Waals surface area contributed by atoms with Gasteiger partial charge >= 0.3 is 13.8 Å². The monoisotopic (exact) mass is 654 g/mol. The van der Waals surface area contributed by atoms with Gasteiger partial charge in [0.25, 0.3) is 0 Å². The molecular weight excluding hydrogens is 595 g/mol. The zero-order valence-electron chi connectivity index (χ0n) is 26.5. The summed E-state index contributed by atoms with van der Waals surface area (Å²) in [5.41, 5.74) is 0. The van der Waals surface area contributed by atoms with E-state index in [2.05, 4.69) is 28.1 Å². The number of ether oxygens (including phenoxy) is 1. The molecule has 0 radical (unpaired) electrons. The smallest absolute Gasteiger partial charge is 0.463 e. The van der Waals surface area contributed by atoms with E-state index in [0.717, 1.165) is 25.7 Å². The first-order valence-electron chi connectivity index (χ1n) is 16.5. The molecular formula is C31H59O12P. The number of rotatable bonds is 26. The molecule has 1 rings (SSSR count). The predicted molar refractivity (Wildman–Crippen MR) is 166 cm³/mol. The third-order valence-corrected chi connectivity index (χ3v) is 8.82. The molecule has 1 aliphatic carbocycles. The standard InChI is InChI=1S/C31H59O12P/c1-2-3-4-5-6-7-8-9-10-11-12-13-14-15-16-17-18-19-20-21-25(33)41-22-24(32)23-42-44(39,40)43-31-29(37)27(35)26(34)28(36)30(31)38/h11-12,24,26-32,34-38H,2-10,13-23H2,1H3,(H,39,40)/b12-11-/t24-,26?,27-,28?,29?,30?,31?/m1/s1. The Morgan fingerprint density at radius 1 is 0.682 bits per heavy atom. The molecule has 0 aromatic rings. The maximum absolute atomic E-state index is 12.1. The molecule has 0 bridgehead atoms. The van der Waals surface area contributed by atoms with Crippen LogP contribution in [0.25, 0.3) is 0 Å². The van der Waals surface area contributed by atoms with Crippen LogP contribution in [0.15, 0.2) is 12.2 Å². The van der Waals surface area contributed by atoms with E-state index in [9.17, 15) is 44.9 Å². The summed E-state index contributed by atoms with van der Waals surface area (Å²) in [7, 11) is -4.99. The fourth-order valence-electron chi connectivity index (χ4n) is 5.04. The van der Waals surface area contributed by atoms with Crippen molar-refractivity contribution >= 4 is 13.8 Å². The van der Waals surface area contributed by atoms with E-state index >= 15 is 0 Å². The van der Waals surface area contributed by atoms with Gasteiger partial charge in [0.15, 0.2) is 0 Å². The van der Waals surface area contributed by atoms with Gasteiger partial charge in [-0.2, -0.15) is 0 Å². The number of carbonyl (C=O) groups is 1. The normalized spacial score (nSPS) is 26.1. The molecule has 13 heteroatoms. The lowest BCUT2D eigenvalue weighted by molar-refractivity contribution is -0.220. The third kappa shape index (κ3) is 18.3. The first-order chi connectivity index (χ1) is 21.0. The Bertz CT molecular complexity index is 797. The van der Waals surface area contributed by atoms with Crippen molar-refractivity contribution in [3.8, 4) is 0 Å². The van der Waals surface area contributed by atoms with Crippen molar-refractivity contribution in [1.82, 2.24) is 0 Å². The van der Waals surface area contributed by atoms with Crippen LogP contribution < -0.4 is 0 Å². The molecule has 12 nitrogen and oxygen atoms in total. The maximum atomic E-state index is 12.1. The van der Waals surface area contributed by atoms with E-state index in [4.69, 9.17) is 4.74 Å². The molecule has 0 amide bonds. The highest BCUT2D eigenvalue weighted by Crippen LogP contribution is 2.47. The molecule has 0 saturated heterocycles. The van der Waals surface area contributed by atoms with E-state index in [1.807, 2.05) is 0 Å². The van der Waals surface area contributed by atoms with Crippen LogP contribution in [0.1, 0.15) is 122 Å². The van der Waals surface area contributed by atoms with Crippen LogP contribution in [0.4, 0.5) is 0 Å². The van der Waals surface area contributed by atoms with Gasteiger partial charge in [-0.1, -0.05) is 96.1 Å². The highest BCUT2D eigenvalue weighted by atomic mass is 31.2. The second-order valence-electron chi connectivity index (χ2n) is 11.9. The molecule has 0 heterocycles. The number of hydrogen-bond acceptors (Lipinski definition) is 11. The Hall–Kier alpha value is -0.920. The second kappa shape index (κ2) is 24.3. The average Bonchev–Trinajstić information content (AvgIpc) is 3.00. The molecule has 0 spiro atoms. The first kappa shape index (κ1) is 41.1. The molecule has 260 valence electrons. The third-order valence-electron chi connectivity index (χ3n) is 7.84. The van der Waals surface area contributed by atoms with Crippen LogP contribution in [-0.2, 0) is 23.1 Å². The van der Waals surface area contributed by atoms with Crippen LogP contribution >= 0.6 is 7.82 Å². The van der Waals surface area contributed by atoms with E-state index in [1.54, 1.807) is 0 Å². The number of carbonyl (C=O) groups excluding carboxylic acids is 1. The van der Waals surface area contributed by atoms with Crippen molar-refractivity contribution in [2.45, 2.75) is 165 Å². The van der Waals surface area contributed by atoms with Gasteiger partial charge in [0.2, 0.25) is 0 Å². The molecule has 1 fully saturated rings. The number of phosphoric acid groups is 1. The molecule has 1 aliphatic rings. The summed E-state index contributed by atoms with van der Waals surface area (Å²) in [5.74, 6) is -0.513. The van der Waals surface area contributed by atoms with Gasteiger partial charge in [0.05, 0.1) is 6.61 Å². The van der Waals surface area contributed by atoms with E-state index in [-0.39, 0.29) is 6.42 Å². The van der Waals surface area contributed by atoms with Crippen molar-refractivity contribution in [2.24, 2.45) is 0 Å². The lowest BCUT2D eigenvalue weighted by Crippen LogP contribution is -2.64. The lowest BCUT2D eigenvalue weighted by atomic mass is 9.85. The molecule has 6 unspecified atom stereocenters. The van der Waals surface area contributed by atoms with E-state index in [0.29, 0.717) is 6.42 Å². The van der Waals surface area contributed by atoms with Crippen LogP contribution in [-0.4, -0.2) is 97.4 Å². The summed E-state index contributed by atoms with van der Waals surface area (Å²) < 4.78 is 26.4. The average molecular weight is 655 g/mol. The van der Waals surface area contributed by atoms with E-state index in [1.165, 1.54) is 77.0 Å². The van der Waals surface area contributed by atoms with Crippen molar-refractivity contribution in [1.29, 1.82) is 0 Å². The molecule has 7 N–H and O–H groups in total. The molecule has 0 aliphatic heterocycles.